The first-order valence-corrected chi connectivity index (χ1v) is 11.6. The number of aliphatic hydroxyl groups excluding tert-OH is 1. The van der Waals surface area contributed by atoms with Crippen LogP contribution in [0.3, 0.4) is 0 Å². The van der Waals surface area contributed by atoms with E-state index in [1.165, 1.54) is 4.90 Å². The molecule has 0 radical (unpaired) electrons. The molecule has 0 unspecified atom stereocenters. The molecule has 1 aliphatic heterocycles. The van der Waals surface area contributed by atoms with Crippen LogP contribution in [0, 0.1) is 12.3 Å². The smallest absolute Gasteiger partial charge is 0.240 e. The highest BCUT2D eigenvalue weighted by Crippen LogP contribution is 2.31. The van der Waals surface area contributed by atoms with Crippen molar-refractivity contribution in [1.82, 2.24) is 9.88 Å². The summed E-state index contributed by atoms with van der Waals surface area (Å²) < 4.78 is 0. The van der Waals surface area contributed by atoms with Crippen molar-refractivity contribution in [1.29, 1.82) is 0 Å². The van der Waals surface area contributed by atoms with Crippen molar-refractivity contribution < 1.29 is 14.7 Å². The van der Waals surface area contributed by atoms with Crippen LogP contribution in [0.2, 0.25) is 0 Å². The highest BCUT2D eigenvalue weighted by molar-refractivity contribution is 7.13. The van der Waals surface area contributed by atoms with E-state index in [1.807, 2.05) is 52.3 Å². The number of nitrogens with two attached hydrogens (primary N) is 1. The summed E-state index contributed by atoms with van der Waals surface area (Å²) in [4.78, 5) is 33.0. The van der Waals surface area contributed by atoms with Crippen molar-refractivity contribution in [2.45, 2.75) is 71.6 Å². The second-order valence-corrected chi connectivity index (χ2v) is 10.6. The molecular weight excluding hydrogens is 410 g/mol. The molecule has 7 heteroatoms. The van der Waals surface area contributed by atoms with Crippen molar-refractivity contribution in [2.75, 3.05) is 6.54 Å². The minimum Gasteiger partial charge on any atom is -0.391 e. The third-order valence-electron chi connectivity index (χ3n) is 6.13. The zero-order valence-electron chi connectivity index (χ0n) is 19.0. The zero-order valence-corrected chi connectivity index (χ0v) is 19.8. The monoisotopic (exact) mass is 443 g/mol. The van der Waals surface area contributed by atoms with Gasteiger partial charge in [0.05, 0.1) is 34.3 Å². The number of carbonyl (C=O) groups excluding carboxylic acids is 2. The summed E-state index contributed by atoms with van der Waals surface area (Å²) in [6, 6.07) is 6.90. The molecule has 4 atom stereocenters. The van der Waals surface area contributed by atoms with Gasteiger partial charge in [0.15, 0.2) is 5.78 Å². The number of carbonyl (C=O) groups is 2. The predicted octanol–water partition coefficient (Wildman–Crippen LogP) is 3.52. The summed E-state index contributed by atoms with van der Waals surface area (Å²) in [6.07, 6.45) is -0.106. The quantitative estimate of drug-likeness (QED) is 0.712. The molecule has 1 aromatic carbocycles. The third kappa shape index (κ3) is 5.22. The second-order valence-electron chi connectivity index (χ2n) is 9.70. The number of β-amino-alcohol motifs (C(OH)–C–C–N with tert-alkyl or cyclic N) is 1. The summed E-state index contributed by atoms with van der Waals surface area (Å²) in [6.45, 7) is 9.88. The van der Waals surface area contributed by atoms with Crippen LogP contribution in [0.25, 0.3) is 10.4 Å². The van der Waals surface area contributed by atoms with Crippen molar-refractivity contribution in [3.05, 3.63) is 41.0 Å². The number of likely N-dealkylation sites (tertiary alicyclic amines) is 1. The number of aromatic nitrogens is 1. The van der Waals surface area contributed by atoms with E-state index >= 15 is 0 Å². The molecule has 0 bridgehead atoms. The second kappa shape index (κ2) is 9.18. The molecule has 31 heavy (non-hydrogen) atoms. The first-order valence-electron chi connectivity index (χ1n) is 10.8. The van der Waals surface area contributed by atoms with Crippen molar-refractivity contribution >= 4 is 23.0 Å². The maximum atomic E-state index is 13.1. The topological polar surface area (TPSA) is 96.5 Å². The maximum Gasteiger partial charge on any atom is 0.240 e. The van der Waals surface area contributed by atoms with E-state index in [2.05, 4.69) is 17.1 Å². The number of amides is 1. The molecule has 1 aromatic heterocycles. The molecule has 3 N–H and O–H groups in total. The number of benzene rings is 1. The van der Waals surface area contributed by atoms with Crippen LogP contribution in [0.4, 0.5) is 0 Å². The highest BCUT2D eigenvalue weighted by Gasteiger charge is 2.42. The Kier molecular flexibility index (Phi) is 6.98. The number of aliphatic hydroxyl groups is 1. The molecule has 3 rings (SSSR count). The Balaban J connectivity index is 1.69. The van der Waals surface area contributed by atoms with Gasteiger partial charge in [-0.1, -0.05) is 52.0 Å². The van der Waals surface area contributed by atoms with Gasteiger partial charge in [-0.05, 0) is 29.4 Å². The molecular formula is C24H33N3O3S. The van der Waals surface area contributed by atoms with E-state index in [9.17, 15) is 14.7 Å². The van der Waals surface area contributed by atoms with Gasteiger partial charge in [0.2, 0.25) is 5.91 Å². The Labute approximate surface area is 188 Å². The minimum atomic E-state index is -0.715. The number of aryl methyl sites for hydroxylation is 1. The lowest BCUT2D eigenvalue weighted by Crippen LogP contribution is -2.53. The van der Waals surface area contributed by atoms with Gasteiger partial charge < -0.3 is 15.7 Å². The van der Waals surface area contributed by atoms with Crippen LogP contribution in [0.15, 0.2) is 29.8 Å². The Morgan fingerprint density at radius 3 is 2.48 bits per heavy atom. The van der Waals surface area contributed by atoms with Gasteiger partial charge in [-0.25, -0.2) is 4.98 Å². The Hall–Kier alpha value is -2.09. The summed E-state index contributed by atoms with van der Waals surface area (Å²) in [5.41, 5.74) is 10.8. The van der Waals surface area contributed by atoms with Gasteiger partial charge >= 0.3 is 0 Å². The fourth-order valence-corrected chi connectivity index (χ4v) is 4.82. The first-order chi connectivity index (χ1) is 14.5. The van der Waals surface area contributed by atoms with Gasteiger partial charge in [-0.3, -0.25) is 9.59 Å². The van der Waals surface area contributed by atoms with Crippen LogP contribution in [0.5, 0.6) is 0 Å². The van der Waals surface area contributed by atoms with E-state index in [4.69, 9.17) is 5.73 Å². The van der Waals surface area contributed by atoms with E-state index < -0.39 is 23.6 Å². The largest absolute Gasteiger partial charge is 0.391 e. The molecule has 2 heterocycles. The van der Waals surface area contributed by atoms with Crippen LogP contribution in [-0.4, -0.2) is 51.4 Å². The van der Waals surface area contributed by atoms with Gasteiger partial charge in [0.25, 0.3) is 0 Å². The van der Waals surface area contributed by atoms with Gasteiger partial charge in [0, 0.05) is 19.4 Å². The summed E-state index contributed by atoms with van der Waals surface area (Å²) in [5, 5.41) is 10.2. The molecule has 1 saturated heterocycles. The zero-order chi connectivity index (χ0) is 22.9. The van der Waals surface area contributed by atoms with Gasteiger partial charge in [-0.2, -0.15) is 0 Å². The van der Waals surface area contributed by atoms with Gasteiger partial charge in [-0.15, -0.1) is 11.3 Å². The number of hydrogen-bond donors (Lipinski definition) is 2. The molecule has 0 spiro atoms. The molecule has 168 valence electrons. The number of Topliss-reactive ketones (excluding diaryl/α,β-unsaturated/α-hetero) is 1. The van der Waals surface area contributed by atoms with E-state index in [-0.39, 0.29) is 30.6 Å². The van der Waals surface area contributed by atoms with Crippen LogP contribution < -0.4 is 5.73 Å². The first kappa shape index (κ1) is 23.6. The fraction of sp³-hybridized carbons (Fsp3) is 0.542. The summed E-state index contributed by atoms with van der Waals surface area (Å²) in [5.74, 6) is -0.282. The van der Waals surface area contributed by atoms with Crippen molar-refractivity contribution in [3.8, 4) is 10.4 Å². The van der Waals surface area contributed by atoms with Crippen LogP contribution in [0.1, 0.15) is 57.7 Å². The number of nitrogens with zero attached hydrogens (tertiary/aromatic N) is 2. The van der Waals surface area contributed by atoms with E-state index in [0.29, 0.717) is 6.42 Å². The maximum absolute atomic E-state index is 13.1. The standard InChI is InChI=1S/C24H33N3O3S/c1-14(16-6-8-17(9-7-16)21-15(2)26-13-31-21)10-20(29)19-11-18(28)12-27(19)23(30)22(25)24(3,4)5/h6-9,13-14,18-19,22,28H,10-12,25H2,1-5H3/t14-,18+,19-,22-/m1/s1. The summed E-state index contributed by atoms with van der Waals surface area (Å²) in [7, 11) is 0. The molecule has 1 fully saturated rings. The molecule has 1 amide bonds. The third-order valence-corrected chi connectivity index (χ3v) is 7.11. The number of rotatable bonds is 6. The molecule has 2 aromatic rings. The average Bonchev–Trinajstić information content (AvgIpc) is 3.31. The number of ketones is 1. The van der Waals surface area contributed by atoms with Crippen molar-refractivity contribution in [3.63, 3.8) is 0 Å². The normalized spacial score (nSPS) is 21.2. The Morgan fingerprint density at radius 1 is 1.29 bits per heavy atom. The fourth-order valence-electron chi connectivity index (χ4n) is 4.01. The van der Waals surface area contributed by atoms with Gasteiger partial charge in [0.1, 0.15) is 0 Å². The molecule has 0 saturated carbocycles. The lowest BCUT2D eigenvalue weighted by atomic mass is 9.86. The highest BCUT2D eigenvalue weighted by atomic mass is 32.1. The Morgan fingerprint density at radius 2 is 1.94 bits per heavy atom. The molecule has 0 aliphatic carbocycles. The lowest BCUT2D eigenvalue weighted by molar-refractivity contribution is -0.140. The average molecular weight is 444 g/mol. The summed E-state index contributed by atoms with van der Waals surface area (Å²) >= 11 is 1.61. The van der Waals surface area contributed by atoms with Crippen molar-refractivity contribution in [2.24, 2.45) is 11.1 Å². The lowest BCUT2D eigenvalue weighted by Gasteiger charge is -2.32. The number of hydrogen-bond acceptors (Lipinski definition) is 6. The van der Waals surface area contributed by atoms with E-state index in [0.717, 1.165) is 21.7 Å². The number of thiazole rings is 1. The van der Waals surface area contributed by atoms with Crippen LogP contribution in [-0.2, 0) is 9.59 Å². The SMILES string of the molecule is Cc1ncsc1-c1ccc([C@H](C)CC(=O)[C@H]2C[C@H](O)CN2C(=O)[C@@H](N)C(C)(C)C)cc1. The predicted molar refractivity (Wildman–Crippen MR) is 124 cm³/mol. The minimum absolute atomic E-state index is 0.00934. The van der Waals surface area contributed by atoms with E-state index in [1.54, 1.807) is 11.3 Å². The molecule has 6 nitrogen and oxygen atoms in total. The Bertz CT molecular complexity index is 932. The van der Waals surface area contributed by atoms with Crippen LogP contribution >= 0.6 is 11.3 Å². The molecule has 1 aliphatic rings.